The minimum atomic E-state index is -0.844. The van der Waals surface area contributed by atoms with Crippen LogP contribution in [0.3, 0.4) is 0 Å². The van der Waals surface area contributed by atoms with Gasteiger partial charge < -0.3 is 10.4 Å². The molecule has 1 rings (SSSR count). The molecule has 1 amide bonds. The van der Waals surface area contributed by atoms with E-state index in [9.17, 15) is 9.59 Å². The van der Waals surface area contributed by atoms with Crippen LogP contribution in [-0.2, 0) is 4.79 Å². The second kappa shape index (κ2) is 6.19. The fraction of sp³-hybridized carbons (Fsp3) is 0.429. The van der Waals surface area contributed by atoms with Gasteiger partial charge in [-0.2, -0.15) is 0 Å². The molecule has 1 atom stereocenters. The number of aryl methyl sites for hydroxylation is 2. The van der Waals surface area contributed by atoms with Crippen LogP contribution in [0.1, 0.15) is 41.3 Å². The number of carboxylic acid groups (broad SMARTS) is 1. The van der Waals surface area contributed by atoms with Crippen molar-refractivity contribution in [3.8, 4) is 0 Å². The molecule has 0 bridgehead atoms. The Morgan fingerprint density at radius 3 is 2.33 bits per heavy atom. The van der Waals surface area contributed by atoms with Crippen molar-refractivity contribution < 1.29 is 14.7 Å². The standard InChI is InChI=1S/C14H19NO3/c1-9-5-4-6-10(2)13(9)14(18)15-11(3)7-8-12(16)17/h4-6,11H,7-8H2,1-3H3,(H,15,18)(H,16,17)/t11-/m0/s1. The molecule has 0 saturated heterocycles. The van der Waals surface area contributed by atoms with Crippen molar-refractivity contribution in [2.45, 2.75) is 39.7 Å². The number of carbonyl (C=O) groups excluding carboxylic acids is 1. The maximum absolute atomic E-state index is 12.1. The fourth-order valence-electron chi connectivity index (χ4n) is 1.88. The number of carboxylic acids is 1. The number of nitrogens with one attached hydrogen (secondary N) is 1. The first-order chi connectivity index (χ1) is 8.41. The molecule has 0 aromatic heterocycles. The summed E-state index contributed by atoms with van der Waals surface area (Å²) in [7, 11) is 0. The number of hydrogen-bond donors (Lipinski definition) is 2. The first-order valence-corrected chi connectivity index (χ1v) is 6.00. The molecule has 98 valence electrons. The van der Waals surface area contributed by atoms with Crippen LogP contribution in [0.15, 0.2) is 18.2 Å². The van der Waals surface area contributed by atoms with Crippen LogP contribution >= 0.6 is 0 Å². The third kappa shape index (κ3) is 3.87. The van der Waals surface area contributed by atoms with E-state index in [0.29, 0.717) is 12.0 Å². The maximum Gasteiger partial charge on any atom is 0.303 e. The Morgan fingerprint density at radius 1 is 1.28 bits per heavy atom. The van der Waals surface area contributed by atoms with Crippen molar-refractivity contribution in [2.75, 3.05) is 0 Å². The summed E-state index contributed by atoms with van der Waals surface area (Å²) in [5, 5.41) is 11.4. The Balaban J connectivity index is 2.68. The summed E-state index contributed by atoms with van der Waals surface area (Å²) in [6, 6.07) is 5.55. The molecule has 0 spiro atoms. The zero-order chi connectivity index (χ0) is 13.7. The predicted molar refractivity (Wildman–Crippen MR) is 69.7 cm³/mol. The molecule has 4 nitrogen and oxygen atoms in total. The van der Waals surface area contributed by atoms with E-state index >= 15 is 0 Å². The van der Waals surface area contributed by atoms with Gasteiger partial charge in [-0.1, -0.05) is 18.2 Å². The predicted octanol–water partition coefficient (Wildman–Crippen LogP) is 2.29. The molecule has 0 heterocycles. The Labute approximate surface area is 107 Å². The van der Waals surface area contributed by atoms with Gasteiger partial charge in [0, 0.05) is 18.0 Å². The van der Waals surface area contributed by atoms with E-state index in [1.54, 1.807) is 0 Å². The number of rotatable bonds is 5. The number of hydrogen-bond acceptors (Lipinski definition) is 2. The number of carbonyl (C=O) groups is 2. The second-order valence-corrected chi connectivity index (χ2v) is 4.57. The third-order valence-electron chi connectivity index (χ3n) is 2.88. The van der Waals surface area contributed by atoms with Gasteiger partial charge in [-0.05, 0) is 38.3 Å². The molecule has 0 aliphatic heterocycles. The average Bonchev–Trinajstić information content (AvgIpc) is 2.26. The van der Waals surface area contributed by atoms with Crippen LogP contribution in [0.25, 0.3) is 0 Å². The zero-order valence-corrected chi connectivity index (χ0v) is 11.0. The van der Waals surface area contributed by atoms with Crippen LogP contribution < -0.4 is 5.32 Å². The highest BCUT2D eigenvalue weighted by atomic mass is 16.4. The zero-order valence-electron chi connectivity index (χ0n) is 11.0. The summed E-state index contributed by atoms with van der Waals surface area (Å²) in [5.74, 6) is -0.980. The van der Waals surface area contributed by atoms with Crippen molar-refractivity contribution in [3.63, 3.8) is 0 Å². The highest BCUT2D eigenvalue weighted by Gasteiger charge is 2.14. The molecule has 18 heavy (non-hydrogen) atoms. The molecule has 0 aliphatic rings. The number of amides is 1. The van der Waals surface area contributed by atoms with E-state index < -0.39 is 5.97 Å². The highest BCUT2D eigenvalue weighted by molar-refractivity contribution is 5.97. The smallest absolute Gasteiger partial charge is 0.303 e. The van der Waals surface area contributed by atoms with Crippen molar-refractivity contribution in [1.82, 2.24) is 5.32 Å². The Kier molecular flexibility index (Phi) is 4.89. The van der Waals surface area contributed by atoms with E-state index in [2.05, 4.69) is 5.32 Å². The van der Waals surface area contributed by atoms with Crippen LogP contribution in [-0.4, -0.2) is 23.0 Å². The van der Waals surface area contributed by atoms with Crippen molar-refractivity contribution in [3.05, 3.63) is 34.9 Å². The van der Waals surface area contributed by atoms with Crippen LogP contribution in [0.4, 0.5) is 0 Å². The number of benzene rings is 1. The lowest BCUT2D eigenvalue weighted by atomic mass is 10.0. The molecular formula is C14H19NO3. The number of aliphatic carboxylic acids is 1. The first-order valence-electron chi connectivity index (χ1n) is 6.00. The Morgan fingerprint density at radius 2 is 1.83 bits per heavy atom. The summed E-state index contributed by atoms with van der Waals surface area (Å²) in [5.41, 5.74) is 2.54. The van der Waals surface area contributed by atoms with Gasteiger partial charge >= 0.3 is 5.97 Å². The topological polar surface area (TPSA) is 66.4 Å². The largest absolute Gasteiger partial charge is 0.481 e. The molecule has 0 unspecified atom stereocenters. The first kappa shape index (κ1) is 14.2. The molecule has 0 saturated carbocycles. The fourth-order valence-corrected chi connectivity index (χ4v) is 1.88. The van der Waals surface area contributed by atoms with Gasteiger partial charge in [-0.15, -0.1) is 0 Å². The van der Waals surface area contributed by atoms with Crippen LogP contribution in [0, 0.1) is 13.8 Å². The van der Waals surface area contributed by atoms with Gasteiger partial charge in [-0.3, -0.25) is 9.59 Å². The normalized spacial score (nSPS) is 11.9. The quantitative estimate of drug-likeness (QED) is 0.841. The molecule has 0 fully saturated rings. The van der Waals surface area contributed by atoms with Gasteiger partial charge in [0.2, 0.25) is 0 Å². The van der Waals surface area contributed by atoms with Crippen molar-refractivity contribution in [1.29, 1.82) is 0 Å². The van der Waals surface area contributed by atoms with E-state index in [0.717, 1.165) is 11.1 Å². The van der Waals surface area contributed by atoms with Crippen LogP contribution in [0.2, 0.25) is 0 Å². The minimum Gasteiger partial charge on any atom is -0.481 e. The molecule has 0 radical (unpaired) electrons. The van der Waals surface area contributed by atoms with E-state index in [1.807, 2.05) is 39.0 Å². The van der Waals surface area contributed by atoms with Crippen molar-refractivity contribution in [2.24, 2.45) is 0 Å². The second-order valence-electron chi connectivity index (χ2n) is 4.57. The van der Waals surface area contributed by atoms with E-state index in [-0.39, 0.29) is 18.4 Å². The third-order valence-corrected chi connectivity index (χ3v) is 2.88. The van der Waals surface area contributed by atoms with Gasteiger partial charge in [0.1, 0.15) is 0 Å². The molecule has 1 aromatic rings. The minimum absolute atomic E-state index is 0.0637. The highest BCUT2D eigenvalue weighted by Crippen LogP contribution is 2.13. The van der Waals surface area contributed by atoms with E-state index in [4.69, 9.17) is 5.11 Å². The summed E-state index contributed by atoms with van der Waals surface area (Å²) < 4.78 is 0. The van der Waals surface area contributed by atoms with Gasteiger partial charge in [0.15, 0.2) is 0 Å². The molecular weight excluding hydrogens is 230 g/mol. The Hall–Kier alpha value is -1.84. The van der Waals surface area contributed by atoms with Gasteiger partial charge in [0.25, 0.3) is 5.91 Å². The summed E-state index contributed by atoms with van der Waals surface area (Å²) in [6.07, 6.45) is 0.500. The molecule has 0 aliphatic carbocycles. The van der Waals surface area contributed by atoms with Crippen LogP contribution in [0.5, 0.6) is 0 Å². The lowest BCUT2D eigenvalue weighted by Gasteiger charge is -2.15. The lowest BCUT2D eigenvalue weighted by Crippen LogP contribution is -2.33. The average molecular weight is 249 g/mol. The lowest BCUT2D eigenvalue weighted by molar-refractivity contribution is -0.137. The summed E-state index contributed by atoms with van der Waals surface area (Å²) in [6.45, 7) is 5.60. The monoisotopic (exact) mass is 249 g/mol. The van der Waals surface area contributed by atoms with Gasteiger partial charge in [-0.25, -0.2) is 0 Å². The molecule has 1 aromatic carbocycles. The summed E-state index contributed by atoms with van der Waals surface area (Å²) >= 11 is 0. The maximum atomic E-state index is 12.1. The SMILES string of the molecule is Cc1cccc(C)c1C(=O)N[C@@H](C)CCC(=O)O. The van der Waals surface area contributed by atoms with Crippen molar-refractivity contribution >= 4 is 11.9 Å². The molecule has 2 N–H and O–H groups in total. The van der Waals surface area contributed by atoms with Gasteiger partial charge in [0.05, 0.1) is 0 Å². The summed E-state index contributed by atoms with van der Waals surface area (Å²) in [4.78, 5) is 22.5. The van der Waals surface area contributed by atoms with E-state index in [1.165, 1.54) is 0 Å². The Bertz CT molecular complexity index is 434. The molecule has 4 heteroatoms.